The number of nitrogens with zero attached hydrogens (tertiary/aromatic N) is 2. The number of rotatable bonds is 10. The summed E-state index contributed by atoms with van der Waals surface area (Å²) in [5.41, 5.74) is 0. The number of morpholine rings is 1. The van der Waals surface area contributed by atoms with Gasteiger partial charge in [0.05, 0.1) is 33.0 Å². The third-order valence-corrected chi connectivity index (χ3v) is 5.94. The van der Waals surface area contributed by atoms with Crippen molar-refractivity contribution in [2.45, 2.75) is 12.5 Å². The van der Waals surface area contributed by atoms with E-state index in [1.807, 2.05) is 24.3 Å². The molecule has 1 aliphatic rings. The summed E-state index contributed by atoms with van der Waals surface area (Å²) >= 11 is 1.80. The molecule has 0 aliphatic carbocycles. The maximum atomic E-state index is 5.79. The van der Waals surface area contributed by atoms with Crippen LogP contribution in [-0.4, -0.2) is 71.0 Å². The van der Waals surface area contributed by atoms with Crippen molar-refractivity contribution in [1.29, 1.82) is 0 Å². The molecule has 2 aromatic rings. The van der Waals surface area contributed by atoms with Crippen LogP contribution >= 0.6 is 35.3 Å². The van der Waals surface area contributed by atoms with E-state index >= 15 is 0 Å². The van der Waals surface area contributed by atoms with Crippen LogP contribution in [-0.2, 0) is 4.74 Å². The Morgan fingerprint density at radius 3 is 2.71 bits per heavy atom. The number of nitrogens with one attached hydrogen (secondary N) is 2. The molecule has 0 radical (unpaired) electrons. The second-order valence-corrected chi connectivity index (χ2v) is 7.92. The Hall–Kier alpha value is -1.56. The smallest absolute Gasteiger partial charge is 0.191 e. The van der Waals surface area contributed by atoms with E-state index in [1.54, 1.807) is 25.5 Å². The normalized spacial score (nSPS) is 15.6. The monoisotopic (exact) mass is 560 g/mol. The molecule has 0 amide bonds. The minimum atomic E-state index is 0. The molecule has 3 rings (SSSR count). The fraction of sp³-hybridized carbons (Fsp3) is 0.500. The zero-order valence-electron chi connectivity index (χ0n) is 18.2. The summed E-state index contributed by atoms with van der Waals surface area (Å²) in [6, 6.07) is 12.3. The van der Waals surface area contributed by atoms with Gasteiger partial charge in [0.15, 0.2) is 5.96 Å². The van der Waals surface area contributed by atoms with Crippen molar-refractivity contribution in [2.75, 3.05) is 60.2 Å². The largest absolute Gasteiger partial charge is 0.497 e. The van der Waals surface area contributed by atoms with E-state index in [-0.39, 0.29) is 24.0 Å². The van der Waals surface area contributed by atoms with Crippen molar-refractivity contribution in [3.05, 3.63) is 46.7 Å². The lowest BCUT2D eigenvalue weighted by atomic mass is 10.2. The van der Waals surface area contributed by atoms with Crippen LogP contribution in [0.1, 0.15) is 17.3 Å². The average molecular weight is 561 g/mol. The van der Waals surface area contributed by atoms with E-state index in [1.165, 1.54) is 4.88 Å². The average Bonchev–Trinajstić information content (AvgIpc) is 3.33. The molecule has 2 heterocycles. The first kappa shape index (κ1) is 25.7. The summed E-state index contributed by atoms with van der Waals surface area (Å²) in [5, 5.41) is 9.00. The Morgan fingerprint density at radius 2 is 2.00 bits per heavy atom. The SMILES string of the molecule is CN=C(NCCCOc1cccc(OC)c1)NCC(c1cccs1)N1CCOCC1.I. The van der Waals surface area contributed by atoms with Crippen molar-refractivity contribution < 1.29 is 14.2 Å². The molecule has 1 fully saturated rings. The molecule has 172 valence electrons. The van der Waals surface area contributed by atoms with Crippen LogP contribution in [0.2, 0.25) is 0 Å². The molecule has 1 aromatic heterocycles. The molecule has 9 heteroatoms. The van der Waals surface area contributed by atoms with E-state index in [4.69, 9.17) is 14.2 Å². The number of hydrogen-bond acceptors (Lipinski definition) is 6. The molecule has 31 heavy (non-hydrogen) atoms. The number of benzene rings is 1. The predicted molar refractivity (Wildman–Crippen MR) is 137 cm³/mol. The summed E-state index contributed by atoms with van der Waals surface area (Å²) in [6.45, 7) is 5.72. The van der Waals surface area contributed by atoms with Crippen LogP contribution in [0.5, 0.6) is 11.5 Å². The summed E-state index contributed by atoms with van der Waals surface area (Å²) in [4.78, 5) is 8.21. The number of thiophene rings is 1. The third kappa shape index (κ3) is 8.47. The topological polar surface area (TPSA) is 67.4 Å². The van der Waals surface area contributed by atoms with Crippen molar-refractivity contribution in [2.24, 2.45) is 4.99 Å². The van der Waals surface area contributed by atoms with Gasteiger partial charge in [-0.25, -0.2) is 0 Å². The van der Waals surface area contributed by atoms with Crippen LogP contribution in [0, 0.1) is 0 Å². The third-order valence-electron chi connectivity index (χ3n) is 4.97. The molecule has 0 bridgehead atoms. The molecular weight excluding hydrogens is 527 g/mol. The molecular formula is C22H33IN4O3S. The number of halogens is 1. The quantitative estimate of drug-likeness (QED) is 0.201. The van der Waals surface area contributed by atoms with Gasteiger partial charge in [0.1, 0.15) is 11.5 Å². The van der Waals surface area contributed by atoms with Gasteiger partial charge in [-0.15, -0.1) is 35.3 Å². The molecule has 0 spiro atoms. The van der Waals surface area contributed by atoms with Crippen LogP contribution in [0.3, 0.4) is 0 Å². The Kier molecular flexibility index (Phi) is 12.0. The summed E-state index contributed by atoms with van der Waals surface area (Å²) in [7, 11) is 3.46. The van der Waals surface area contributed by atoms with E-state index in [0.29, 0.717) is 12.6 Å². The summed E-state index contributed by atoms with van der Waals surface area (Å²) in [6.07, 6.45) is 0.871. The minimum absolute atomic E-state index is 0. The highest BCUT2D eigenvalue weighted by Crippen LogP contribution is 2.25. The number of aliphatic imine (C=N–C) groups is 1. The first-order chi connectivity index (χ1) is 14.8. The Labute approximate surface area is 206 Å². The molecule has 1 atom stereocenters. The highest BCUT2D eigenvalue weighted by molar-refractivity contribution is 14.0. The molecule has 7 nitrogen and oxygen atoms in total. The standard InChI is InChI=1S/C22H32N4O3S.HI/c1-23-22(24-9-5-12-29-19-7-3-6-18(16-19)27-2)25-17-20(21-8-4-15-30-21)26-10-13-28-14-11-26;/h3-4,6-8,15-16,20H,5,9-14,17H2,1-2H3,(H2,23,24,25);1H. The van der Waals surface area contributed by atoms with E-state index < -0.39 is 0 Å². The lowest BCUT2D eigenvalue weighted by Gasteiger charge is -2.34. The summed E-state index contributed by atoms with van der Waals surface area (Å²) < 4.78 is 16.5. The first-order valence-electron chi connectivity index (χ1n) is 10.4. The maximum Gasteiger partial charge on any atom is 0.191 e. The van der Waals surface area contributed by atoms with Gasteiger partial charge < -0.3 is 24.8 Å². The maximum absolute atomic E-state index is 5.79. The van der Waals surface area contributed by atoms with E-state index in [2.05, 4.69) is 38.0 Å². The van der Waals surface area contributed by atoms with E-state index in [9.17, 15) is 0 Å². The lowest BCUT2D eigenvalue weighted by molar-refractivity contribution is 0.0177. The van der Waals surface area contributed by atoms with Crippen LogP contribution in [0.15, 0.2) is 46.8 Å². The Bertz CT molecular complexity index is 770. The first-order valence-corrected chi connectivity index (χ1v) is 11.2. The number of guanidine groups is 1. The van der Waals surface area contributed by atoms with E-state index in [0.717, 1.165) is 63.3 Å². The zero-order chi connectivity index (χ0) is 21.0. The fourth-order valence-electron chi connectivity index (χ4n) is 3.35. The van der Waals surface area contributed by atoms with Gasteiger partial charge in [0.2, 0.25) is 0 Å². The van der Waals surface area contributed by atoms with Gasteiger partial charge in [0, 0.05) is 44.2 Å². The number of ether oxygens (including phenoxy) is 3. The molecule has 2 N–H and O–H groups in total. The predicted octanol–water partition coefficient (Wildman–Crippen LogP) is 3.38. The van der Waals surface area contributed by atoms with Crippen LogP contribution in [0.4, 0.5) is 0 Å². The van der Waals surface area contributed by atoms with Crippen molar-refractivity contribution >= 4 is 41.3 Å². The molecule has 1 unspecified atom stereocenters. The van der Waals surface area contributed by atoms with Gasteiger partial charge >= 0.3 is 0 Å². The van der Waals surface area contributed by atoms with Gasteiger partial charge in [-0.1, -0.05) is 12.1 Å². The second-order valence-electron chi connectivity index (χ2n) is 6.94. The van der Waals surface area contributed by atoms with Crippen molar-refractivity contribution in [1.82, 2.24) is 15.5 Å². The number of methoxy groups -OCH3 is 1. The molecule has 0 saturated carbocycles. The van der Waals surface area contributed by atoms with Gasteiger partial charge in [-0.3, -0.25) is 9.89 Å². The molecule has 1 aromatic carbocycles. The van der Waals surface area contributed by atoms with Crippen LogP contribution in [0.25, 0.3) is 0 Å². The zero-order valence-corrected chi connectivity index (χ0v) is 21.4. The highest BCUT2D eigenvalue weighted by Gasteiger charge is 2.23. The van der Waals surface area contributed by atoms with Crippen molar-refractivity contribution in [3.63, 3.8) is 0 Å². The fourth-order valence-corrected chi connectivity index (χ4v) is 4.21. The van der Waals surface area contributed by atoms with Gasteiger partial charge in [0.25, 0.3) is 0 Å². The highest BCUT2D eigenvalue weighted by atomic mass is 127. The lowest BCUT2D eigenvalue weighted by Crippen LogP contribution is -2.46. The Morgan fingerprint density at radius 1 is 1.19 bits per heavy atom. The molecule has 1 saturated heterocycles. The number of hydrogen-bond donors (Lipinski definition) is 2. The molecule has 1 aliphatic heterocycles. The summed E-state index contributed by atoms with van der Waals surface area (Å²) in [5.74, 6) is 2.43. The second kappa shape index (κ2) is 14.5. The Balaban J connectivity index is 0.00000341. The van der Waals surface area contributed by atoms with Gasteiger partial charge in [-0.05, 0) is 30.0 Å². The van der Waals surface area contributed by atoms with Gasteiger partial charge in [-0.2, -0.15) is 0 Å². The van der Waals surface area contributed by atoms with Crippen LogP contribution < -0.4 is 20.1 Å². The van der Waals surface area contributed by atoms with Crippen molar-refractivity contribution in [3.8, 4) is 11.5 Å². The minimum Gasteiger partial charge on any atom is -0.497 e.